The molecule has 2 rings (SSSR count). The normalized spacial score (nSPS) is 11.0. The Morgan fingerprint density at radius 1 is 1.32 bits per heavy atom. The van der Waals surface area contributed by atoms with Gasteiger partial charge < -0.3 is 0 Å². The molecule has 0 amide bonds. The van der Waals surface area contributed by atoms with E-state index < -0.39 is 10.0 Å². The molecule has 0 aliphatic rings. The van der Waals surface area contributed by atoms with E-state index in [1.807, 2.05) is 6.07 Å². The number of benzene rings is 1. The molecular formula is C12H9ClN2O2S2. The number of halogens is 1. The van der Waals surface area contributed by atoms with Gasteiger partial charge in [-0.05, 0) is 36.8 Å². The van der Waals surface area contributed by atoms with Crippen LogP contribution in [0, 0.1) is 18.3 Å². The number of nitriles is 1. The van der Waals surface area contributed by atoms with Gasteiger partial charge in [-0.3, -0.25) is 4.72 Å². The third-order valence-corrected chi connectivity index (χ3v) is 5.48. The number of aryl methyl sites for hydroxylation is 1. The van der Waals surface area contributed by atoms with Crippen LogP contribution >= 0.6 is 22.9 Å². The quantitative estimate of drug-likeness (QED) is 0.944. The van der Waals surface area contributed by atoms with Gasteiger partial charge in [0.25, 0.3) is 10.0 Å². The van der Waals surface area contributed by atoms with Crippen molar-refractivity contribution in [2.75, 3.05) is 4.72 Å². The van der Waals surface area contributed by atoms with Gasteiger partial charge >= 0.3 is 0 Å². The van der Waals surface area contributed by atoms with Crippen LogP contribution in [-0.2, 0) is 10.0 Å². The van der Waals surface area contributed by atoms with Gasteiger partial charge in [-0.2, -0.15) is 5.26 Å². The van der Waals surface area contributed by atoms with E-state index in [2.05, 4.69) is 4.72 Å². The Labute approximate surface area is 120 Å². The number of anilines is 1. The van der Waals surface area contributed by atoms with Gasteiger partial charge in [-0.25, -0.2) is 8.42 Å². The van der Waals surface area contributed by atoms with E-state index in [1.165, 1.54) is 12.1 Å². The summed E-state index contributed by atoms with van der Waals surface area (Å²) < 4.78 is 26.9. The van der Waals surface area contributed by atoms with Crippen molar-refractivity contribution in [3.05, 3.63) is 45.8 Å². The molecule has 0 saturated heterocycles. The third kappa shape index (κ3) is 3.07. The lowest BCUT2D eigenvalue weighted by Crippen LogP contribution is -2.12. The minimum Gasteiger partial charge on any atom is -0.279 e. The van der Waals surface area contributed by atoms with Crippen molar-refractivity contribution < 1.29 is 8.42 Å². The number of thiophene rings is 1. The number of hydrogen-bond acceptors (Lipinski definition) is 4. The molecule has 7 heteroatoms. The van der Waals surface area contributed by atoms with Crippen molar-refractivity contribution in [2.24, 2.45) is 0 Å². The van der Waals surface area contributed by atoms with Gasteiger partial charge in [-0.15, -0.1) is 11.3 Å². The Morgan fingerprint density at radius 2 is 2.05 bits per heavy atom. The van der Waals surface area contributed by atoms with Crippen LogP contribution in [0.15, 0.2) is 34.5 Å². The molecule has 98 valence electrons. The summed E-state index contributed by atoms with van der Waals surface area (Å²) in [5, 5.41) is 9.17. The zero-order valence-corrected chi connectivity index (χ0v) is 12.2. The molecule has 1 aromatic carbocycles. The highest BCUT2D eigenvalue weighted by Gasteiger charge is 2.18. The Balaban J connectivity index is 2.36. The van der Waals surface area contributed by atoms with Crippen molar-refractivity contribution in [3.8, 4) is 6.07 Å². The molecule has 0 radical (unpaired) electrons. The van der Waals surface area contributed by atoms with Crippen LogP contribution in [-0.4, -0.2) is 8.42 Å². The fourth-order valence-corrected chi connectivity index (χ4v) is 3.82. The number of rotatable bonds is 3. The highest BCUT2D eigenvalue weighted by atomic mass is 35.5. The lowest BCUT2D eigenvalue weighted by molar-refractivity contribution is 0.603. The lowest BCUT2D eigenvalue weighted by atomic mass is 10.2. The molecule has 0 fully saturated rings. The van der Waals surface area contributed by atoms with E-state index >= 15 is 0 Å². The van der Waals surface area contributed by atoms with Crippen molar-refractivity contribution in [3.63, 3.8) is 0 Å². The van der Waals surface area contributed by atoms with Crippen LogP contribution in [0.4, 0.5) is 5.69 Å². The molecule has 0 aliphatic carbocycles. The van der Waals surface area contributed by atoms with Crippen LogP contribution in [0.1, 0.15) is 10.4 Å². The van der Waals surface area contributed by atoms with Crippen molar-refractivity contribution >= 4 is 38.6 Å². The molecule has 1 N–H and O–H groups in total. The number of nitrogens with one attached hydrogen (secondary N) is 1. The maximum Gasteiger partial charge on any atom is 0.271 e. The smallest absolute Gasteiger partial charge is 0.271 e. The summed E-state index contributed by atoms with van der Waals surface area (Å²) in [5.74, 6) is 0. The topological polar surface area (TPSA) is 70.0 Å². The first kappa shape index (κ1) is 13.9. The fraction of sp³-hybridized carbons (Fsp3) is 0.0833. The van der Waals surface area contributed by atoms with E-state index in [4.69, 9.17) is 16.9 Å². The predicted molar refractivity (Wildman–Crippen MR) is 76.0 cm³/mol. The summed E-state index contributed by atoms with van der Waals surface area (Å²) in [4.78, 5) is 0.350. The van der Waals surface area contributed by atoms with Crippen molar-refractivity contribution in [1.82, 2.24) is 0 Å². The Hall–Kier alpha value is -1.55. The first-order chi connectivity index (χ1) is 8.92. The van der Waals surface area contributed by atoms with E-state index in [0.717, 1.165) is 16.9 Å². The number of nitrogens with zero attached hydrogens (tertiary/aromatic N) is 1. The van der Waals surface area contributed by atoms with Crippen molar-refractivity contribution in [1.29, 1.82) is 5.26 Å². The molecule has 0 aliphatic heterocycles. The number of sulfonamides is 1. The van der Waals surface area contributed by atoms with Crippen molar-refractivity contribution in [2.45, 2.75) is 11.1 Å². The summed E-state index contributed by atoms with van der Waals surface area (Å²) in [7, 11) is -3.68. The summed E-state index contributed by atoms with van der Waals surface area (Å²) in [6.45, 7) is 1.78. The van der Waals surface area contributed by atoms with Crippen LogP contribution in [0.3, 0.4) is 0 Å². The van der Waals surface area contributed by atoms with Crippen LogP contribution < -0.4 is 4.72 Å². The first-order valence-corrected chi connectivity index (χ1v) is 7.89. The molecule has 1 heterocycles. The minimum absolute atomic E-state index is 0.100. The van der Waals surface area contributed by atoms with E-state index in [-0.39, 0.29) is 4.21 Å². The standard InChI is InChI=1S/C12H9ClN2O2S2/c1-8-2-3-9(13)6-11(8)15-19(16,17)12-5-4-10(7-14)18-12/h2-6,15H,1H3. The molecule has 0 spiro atoms. The average molecular weight is 313 g/mol. The largest absolute Gasteiger partial charge is 0.279 e. The molecule has 1 aromatic heterocycles. The second-order valence-electron chi connectivity index (χ2n) is 3.80. The Kier molecular flexibility index (Phi) is 3.80. The zero-order valence-electron chi connectivity index (χ0n) is 9.84. The van der Waals surface area contributed by atoms with Crippen LogP contribution in [0.5, 0.6) is 0 Å². The predicted octanol–water partition coefficient (Wildman–Crippen LogP) is 3.38. The second-order valence-corrected chi connectivity index (χ2v) is 7.22. The summed E-state index contributed by atoms with van der Waals surface area (Å²) >= 11 is 6.77. The monoisotopic (exact) mass is 312 g/mol. The summed E-state index contributed by atoms with van der Waals surface area (Å²) in [5.41, 5.74) is 1.20. The number of hydrogen-bond donors (Lipinski definition) is 1. The zero-order chi connectivity index (χ0) is 14.0. The second kappa shape index (κ2) is 5.21. The maximum atomic E-state index is 12.1. The third-order valence-electron chi connectivity index (χ3n) is 2.40. The first-order valence-electron chi connectivity index (χ1n) is 5.21. The highest BCUT2D eigenvalue weighted by Crippen LogP contribution is 2.26. The van der Waals surface area contributed by atoms with Gasteiger partial charge in [0.1, 0.15) is 15.2 Å². The highest BCUT2D eigenvalue weighted by molar-refractivity contribution is 7.94. The Bertz CT molecular complexity index is 760. The SMILES string of the molecule is Cc1ccc(Cl)cc1NS(=O)(=O)c1ccc(C#N)s1. The molecule has 2 aromatic rings. The molecule has 0 unspecified atom stereocenters. The van der Waals surface area contributed by atoms with Gasteiger partial charge in [-0.1, -0.05) is 17.7 Å². The van der Waals surface area contributed by atoms with E-state index in [1.54, 1.807) is 25.1 Å². The van der Waals surface area contributed by atoms with Gasteiger partial charge in [0.2, 0.25) is 0 Å². The summed E-state index contributed by atoms with van der Waals surface area (Å²) in [6.07, 6.45) is 0. The molecule has 19 heavy (non-hydrogen) atoms. The molecule has 4 nitrogen and oxygen atoms in total. The lowest BCUT2D eigenvalue weighted by Gasteiger charge is -2.09. The molecule has 0 saturated carbocycles. The minimum atomic E-state index is -3.68. The van der Waals surface area contributed by atoms with Gasteiger partial charge in [0.15, 0.2) is 0 Å². The maximum absolute atomic E-state index is 12.1. The van der Waals surface area contributed by atoms with E-state index in [0.29, 0.717) is 15.6 Å². The Morgan fingerprint density at radius 3 is 2.68 bits per heavy atom. The fourth-order valence-electron chi connectivity index (χ4n) is 1.42. The summed E-state index contributed by atoms with van der Waals surface area (Å²) in [6, 6.07) is 9.76. The molecule has 0 bridgehead atoms. The van der Waals surface area contributed by atoms with Crippen LogP contribution in [0.2, 0.25) is 5.02 Å². The van der Waals surface area contributed by atoms with E-state index in [9.17, 15) is 8.42 Å². The molecule has 0 atom stereocenters. The van der Waals surface area contributed by atoms with Gasteiger partial charge in [0, 0.05) is 5.02 Å². The molecular weight excluding hydrogens is 304 g/mol. The van der Waals surface area contributed by atoms with Crippen LogP contribution in [0.25, 0.3) is 0 Å². The van der Waals surface area contributed by atoms with Gasteiger partial charge in [0.05, 0.1) is 5.69 Å². The average Bonchev–Trinajstić information content (AvgIpc) is 2.83.